The number of para-hydroxylation sites is 1. The Morgan fingerprint density at radius 2 is 1.68 bits per heavy atom. The third kappa shape index (κ3) is 3.99. The number of anilines is 1. The number of aliphatic hydroxyl groups is 4. The molecule has 2 aliphatic heterocycles. The summed E-state index contributed by atoms with van der Waals surface area (Å²) in [6.07, 6.45) is -1.29. The summed E-state index contributed by atoms with van der Waals surface area (Å²) >= 11 is 0. The van der Waals surface area contributed by atoms with Crippen LogP contribution in [-0.4, -0.2) is 82.5 Å². The number of nitrogens with zero attached hydrogens (tertiary/aromatic N) is 2. The lowest BCUT2D eigenvalue weighted by molar-refractivity contribution is -0.151. The van der Waals surface area contributed by atoms with Gasteiger partial charge in [0.05, 0.1) is 18.8 Å². The minimum atomic E-state index is -1.19. The van der Waals surface area contributed by atoms with E-state index in [2.05, 4.69) is 36.1 Å². The van der Waals surface area contributed by atoms with Gasteiger partial charge in [-0.15, -0.1) is 0 Å². The normalized spacial score (nSPS) is 33.4. The Kier molecular flexibility index (Phi) is 5.65. The first-order valence-corrected chi connectivity index (χ1v) is 9.13. The van der Waals surface area contributed by atoms with Gasteiger partial charge in [-0.1, -0.05) is 25.1 Å². The van der Waals surface area contributed by atoms with E-state index in [-0.39, 0.29) is 18.6 Å². The van der Waals surface area contributed by atoms with Crippen LogP contribution >= 0.6 is 0 Å². The molecule has 140 valence electrons. The molecule has 1 aromatic rings. The summed E-state index contributed by atoms with van der Waals surface area (Å²) < 4.78 is 0. The molecule has 6 heteroatoms. The number of benzene rings is 1. The van der Waals surface area contributed by atoms with Crippen LogP contribution < -0.4 is 4.90 Å². The molecule has 3 rings (SSSR count). The van der Waals surface area contributed by atoms with Gasteiger partial charge in [-0.25, -0.2) is 0 Å². The van der Waals surface area contributed by atoms with Gasteiger partial charge >= 0.3 is 0 Å². The number of piperidine rings is 2. The fourth-order valence-corrected chi connectivity index (χ4v) is 4.15. The van der Waals surface area contributed by atoms with Crippen LogP contribution in [0, 0.1) is 5.41 Å². The molecule has 2 heterocycles. The van der Waals surface area contributed by atoms with E-state index in [4.69, 9.17) is 0 Å². The number of hydrogen-bond acceptors (Lipinski definition) is 6. The maximum atomic E-state index is 10.2. The second kappa shape index (κ2) is 7.60. The van der Waals surface area contributed by atoms with Crippen LogP contribution in [0.5, 0.6) is 0 Å². The monoisotopic (exact) mass is 350 g/mol. The molecule has 0 saturated carbocycles. The molecule has 0 unspecified atom stereocenters. The molecule has 25 heavy (non-hydrogen) atoms. The molecular formula is C19H30N2O4. The molecule has 4 atom stereocenters. The summed E-state index contributed by atoms with van der Waals surface area (Å²) in [7, 11) is 0. The molecule has 2 saturated heterocycles. The van der Waals surface area contributed by atoms with Crippen LogP contribution in [0.1, 0.15) is 19.8 Å². The highest BCUT2D eigenvalue weighted by molar-refractivity contribution is 5.46. The van der Waals surface area contributed by atoms with Crippen molar-refractivity contribution in [3.63, 3.8) is 0 Å². The molecule has 4 N–H and O–H groups in total. The zero-order valence-electron chi connectivity index (χ0n) is 14.8. The summed E-state index contributed by atoms with van der Waals surface area (Å²) in [5, 5.41) is 39.6. The average Bonchev–Trinajstić information content (AvgIpc) is 2.61. The molecule has 0 amide bonds. The fourth-order valence-electron chi connectivity index (χ4n) is 4.15. The first-order valence-electron chi connectivity index (χ1n) is 9.13. The molecule has 0 radical (unpaired) electrons. The number of β-amino-alcohol motifs (C(OH)–C–C–N with tert-alkyl or cyclic N) is 1. The number of likely N-dealkylation sites (tertiary alicyclic amines) is 1. The van der Waals surface area contributed by atoms with Gasteiger partial charge in [0.2, 0.25) is 0 Å². The molecule has 6 nitrogen and oxygen atoms in total. The van der Waals surface area contributed by atoms with Crippen LogP contribution in [0.2, 0.25) is 0 Å². The number of rotatable bonds is 4. The average molecular weight is 350 g/mol. The van der Waals surface area contributed by atoms with E-state index in [0.29, 0.717) is 6.54 Å². The van der Waals surface area contributed by atoms with Gasteiger partial charge in [0, 0.05) is 31.9 Å². The fraction of sp³-hybridized carbons (Fsp3) is 0.684. The molecule has 0 aromatic heterocycles. The Hall–Kier alpha value is -1.18. The molecule has 0 bridgehead atoms. The molecule has 1 aromatic carbocycles. The SMILES string of the molecule is CC1(CN2C[C@H](O)[C@@H](O)[C@H](O)[C@H]2CO)CCN(c2ccccc2)CC1. The molecular weight excluding hydrogens is 320 g/mol. The van der Waals surface area contributed by atoms with E-state index < -0.39 is 24.4 Å². The number of hydrogen-bond donors (Lipinski definition) is 4. The number of aliphatic hydroxyl groups excluding tert-OH is 4. The third-order valence-corrected chi connectivity index (χ3v) is 5.89. The molecule has 0 aliphatic carbocycles. The Balaban J connectivity index is 1.62. The Morgan fingerprint density at radius 1 is 1.04 bits per heavy atom. The zero-order chi connectivity index (χ0) is 18.0. The van der Waals surface area contributed by atoms with Gasteiger partial charge < -0.3 is 25.3 Å². The molecule has 2 aliphatic rings. The van der Waals surface area contributed by atoms with Gasteiger partial charge in [0.1, 0.15) is 12.2 Å². The van der Waals surface area contributed by atoms with Crippen LogP contribution in [0.15, 0.2) is 30.3 Å². The maximum absolute atomic E-state index is 10.2. The second-order valence-corrected chi connectivity index (χ2v) is 7.86. The Morgan fingerprint density at radius 3 is 2.28 bits per heavy atom. The van der Waals surface area contributed by atoms with Crippen molar-refractivity contribution < 1.29 is 20.4 Å². The first kappa shape index (κ1) is 18.6. The van der Waals surface area contributed by atoms with E-state index in [1.165, 1.54) is 5.69 Å². The predicted molar refractivity (Wildman–Crippen MR) is 96.5 cm³/mol. The second-order valence-electron chi connectivity index (χ2n) is 7.86. The summed E-state index contributed by atoms with van der Waals surface area (Å²) in [5.74, 6) is 0. The van der Waals surface area contributed by atoms with Crippen LogP contribution in [-0.2, 0) is 0 Å². The minimum Gasteiger partial charge on any atom is -0.395 e. The highest BCUT2D eigenvalue weighted by atomic mass is 16.4. The quantitative estimate of drug-likeness (QED) is 0.614. The lowest BCUT2D eigenvalue weighted by Gasteiger charge is -2.48. The zero-order valence-corrected chi connectivity index (χ0v) is 14.8. The third-order valence-electron chi connectivity index (χ3n) is 5.89. The van der Waals surface area contributed by atoms with Gasteiger partial charge in [-0.3, -0.25) is 4.90 Å². The van der Waals surface area contributed by atoms with Crippen molar-refractivity contribution in [3.8, 4) is 0 Å². The van der Waals surface area contributed by atoms with Crippen molar-refractivity contribution in [1.82, 2.24) is 4.90 Å². The van der Waals surface area contributed by atoms with Crippen molar-refractivity contribution in [2.75, 3.05) is 37.7 Å². The van der Waals surface area contributed by atoms with Crippen molar-refractivity contribution in [2.24, 2.45) is 5.41 Å². The topological polar surface area (TPSA) is 87.4 Å². The smallest absolute Gasteiger partial charge is 0.109 e. The van der Waals surface area contributed by atoms with E-state index in [9.17, 15) is 20.4 Å². The largest absolute Gasteiger partial charge is 0.395 e. The van der Waals surface area contributed by atoms with E-state index >= 15 is 0 Å². The van der Waals surface area contributed by atoms with Crippen molar-refractivity contribution in [2.45, 2.75) is 44.1 Å². The van der Waals surface area contributed by atoms with Crippen LogP contribution in [0.25, 0.3) is 0 Å². The van der Waals surface area contributed by atoms with E-state index in [0.717, 1.165) is 25.9 Å². The molecule has 2 fully saturated rings. The summed E-state index contributed by atoms with van der Waals surface area (Å²) in [5.41, 5.74) is 1.30. The lowest BCUT2D eigenvalue weighted by atomic mass is 9.78. The van der Waals surface area contributed by atoms with Crippen LogP contribution in [0.3, 0.4) is 0 Å². The summed E-state index contributed by atoms with van der Waals surface area (Å²) in [6, 6.07) is 9.86. The van der Waals surface area contributed by atoms with Gasteiger partial charge in [-0.2, -0.15) is 0 Å². The molecule has 0 spiro atoms. The van der Waals surface area contributed by atoms with Gasteiger partial charge in [0.25, 0.3) is 0 Å². The predicted octanol–water partition coefficient (Wildman–Crippen LogP) is 0.0523. The Labute approximate surface area is 149 Å². The first-order chi connectivity index (χ1) is 11.9. The standard InChI is InChI=1S/C19H30N2O4/c1-19(7-9-20(10-8-19)14-5-3-2-4-6-14)13-21-11-16(23)18(25)17(24)15(21)12-22/h2-6,15-18,22-25H,7-13H2,1H3/t15-,16+,17-,18-/m1/s1. The maximum Gasteiger partial charge on any atom is 0.109 e. The minimum absolute atomic E-state index is 0.0560. The van der Waals surface area contributed by atoms with Crippen molar-refractivity contribution in [3.05, 3.63) is 30.3 Å². The van der Waals surface area contributed by atoms with E-state index in [1.54, 1.807) is 0 Å². The lowest BCUT2D eigenvalue weighted by Crippen LogP contribution is -2.64. The summed E-state index contributed by atoms with van der Waals surface area (Å²) in [4.78, 5) is 4.33. The van der Waals surface area contributed by atoms with Crippen molar-refractivity contribution >= 4 is 5.69 Å². The van der Waals surface area contributed by atoms with Crippen LogP contribution in [0.4, 0.5) is 5.69 Å². The highest BCUT2D eigenvalue weighted by Crippen LogP contribution is 2.35. The van der Waals surface area contributed by atoms with Gasteiger partial charge in [0.15, 0.2) is 0 Å². The van der Waals surface area contributed by atoms with Gasteiger partial charge in [-0.05, 0) is 30.4 Å². The van der Waals surface area contributed by atoms with Crippen molar-refractivity contribution in [1.29, 1.82) is 0 Å². The highest BCUT2D eigenvalue weighted by Gasteiger charge is 2.43. The summed E-state index contributed by atoms with van der Waals surface area (Å²) in [6.45, 7) is 4.91. The van der Waals surface area contributed by atoms with E-state index in [1.807, 2.05) is 11.0 Å². The Bertz CT molecular complexity index is 548.